The monoisotopic (exact) mass is 304 g/mol. The van der Waals surface area contributed by atoms with Gasteiger partial charge >= 0.3 is 12.1 Å². The first-order valence-electron chi connectivity index (χ1n) is 7.42. The highest BCUT2D eigenvalue weighted by molar-refractivity contribution is 5.94. The van der Waals surface area contributed by atoms with Gasteiger partial charge in [0.25, 0.3) is 0 Å². The summed E-state index contributed by atoms with van der Waals surface area (Å²) >= 11 is 0. The van der Waals surface area contributed by atoms with Crippen LogP contribution in [0.25, 0.3) is 0 Å². The third kappa shape index (κ3) is 2.05. The number of hydrogen-bond acceptors (Lipinski definition) is 4. The quantitative estimate of drug-likeness (QED) is 0.807. The highest BCUT2D eigenvalue weighted by Crippen LogP contribution is 2.54. The Balaban J connectivity index is 2.13. The number of anilines is 1. The summed E-state index contributed by atoms with van der Waals surface area (Å²) in [5.74, 6) is -0.0244. The number of nitrogens with zero attached hydrogens (tertiary/aromatic N) is 2. The molecule has 22 heavy (non-hydrogen) atoms. The molecule has 0 radical (unpaired) electrons. The van der Waals surface area contributed by atoms with Gasteiger partial charge in [-0.15, -0.1) is 0 Å². The number of aromatic nitrogens is 1. The van der Waals surface area contributed by atoms with Crippen LogP contribution in [-0.4, -0.2) is 33.8 Å². The van der Waals surface area contributed by atoms with Crippen molar-refractivity contribution in [3.05, 3.63) is 23.4 Å². The largest absolute Gasteiger partial charge is 0.465 e. The summed E-state index contributed by atoms with van der Waals surface area (Å²) in [5, 5.41) is 9.51. The van der Waals surface area contributed by atoms with Crippen molar-refractivity contribution in [1.82, 2.24) is 4.98 Å². The summed E-state index contributed by atoms with van der Waals surface area (Å²) in [7, 11) is 0. The fourth-order valence-electron chi connectivity index (χ4n) is 3.15. The van der Waals surface area contributed by atoms with E-state index in [1.54, 1.807) is 12.1 Å². The molecule has 1 saturated carbocycles. The van der Waals surface area contributed by atoms with Crippen LogP contribution in [0.2, 0.25) is 0 Å². The first-order valence-corrected chi connectivity index (χ1v) is 7.42. The summed E-state index contributed by atoms with van der Waals surface area (Å²) in [6.07, 6.45) is 0.542. The van der Waals surface area contributed by atoms with Crippen LogP contribution in [0.5, 0.6) is 0 Å². The first kappa shape index (κ1) is 14.8. The number of rotatable bonds is 1. The summed E-state index contributed by atoms with van der Waals surface area (Å²) in [6.45, 7) is 7.31. The molecule has 1 fully saturated rings. The van der Waals surface area contributed by atoms with Gasteiger partial charge in [-0.2, -0.15) is 0 Å². The zero-order chi connectivity index (χ0) is 16.3. The van der Waals surface area contributed by atoms with Crippen molar-refractivity contribution in [1.29, 1.82) is 0 Å². The molecule has 1 aromatic rings. The second kappa shape index (κ2) is 4.44. The molecule has 0 bridgehead atoms. The molecule has 2 aliphatic rings. The number of pyridine rings is 1. The Bertz CT molecular complexity index is 659. The topological polar surface area (TPSA) is 79.7 Å². The van der Waals surface area contributed by atoms with Gasteiger partial charge < -0.3 is 9.84 Å². The number of carbonyl (C=O) groups excluding carboxylic acids is 1. The van der Waals surface area contributed by atoms with Crippen LogP contribution >= 0.6 is 0 Å². The van der Waals surface area contributed by atoms with E-state index in [9.17, 15) is 14.7 Å². The fraction of sp³-hybridized carbons (Fsp3) is 0.562. The normalized spacial score (nSPS) is 22.0. The molecule has 118 valence electrons. The van der Waals surface area contributed by atoms with E-state index in [0.717, 1.165) is 12.8 Å². The maximum Gasteiger partial charge on any atom is 0.413 e. The predicted octanol–water partition coefficient (Wildman–Crippen LogP) is 2.96. The second-order valence-corrected chi connectivity index (χ2v) is 7.06. The van der Waals surface area contributed by atoms with E-state index >= 15 is 0 Å². The average Bonchev–Trinajstić information content (AvgIpc) is 3.16. The van der Waals surface area contributed by atoms with E-state index < -0.39 is 11.6 Å². The molecule has 1 aromatic heterocycles. The van der Waals surface area contributed by atoms with Crippen LogP contribution in [0.15, 0.2) is 12.1 Å². The molecular weight excluding hydrogens is 284 g/mol. The van der Waals surface area contributed by atoms with E-state index in [4.69, 9.17) is 4.74 Å². The molecule has 1 unspecified atom stereocenters. The van der Waals surface area contributed by atoms with Crippen LogP contribution in [0.4, 0.5) is 10.6 Å². The first-order chi connectivity index (χ1) is 10.2. The molecular formula is C16H20N2O4. The van der Waals surface area contributed by atoms with Crippen molar-refractivity contribution in [2.45, 2.75) is 57.6 Å². The van der Waals surface area contributed by atoms with Crippen molar-refractivity contribution in [3.63, 3.8) is 0 Å². The minimum absolute atomic E-state index is 0.219. The lowest BCUT2D eigenvalue weighted by molar-refractivity contribution is 0.0183. The molecule has 2 heterocycles. The number of carbonyl (C=O) groups is 2. The van der Waals surface area contributed by atoms with Crippen molar-refractivity contribution >= 4 is 17.9 Å². The Kier molecular flexibility index (Phi) is 2.99. The van der Waals surface area contributed by atoms with Gasteiger partial charge in [-0.3, -0.25) is 4.90 Å². The lowest BCUT2D eigenvalue weighted by atomic mass is 9.89. The zero-order valence-corrected chi connectivity index (χ0v) is 13.2. The van der Waals surface area contributed by atoms with Crippen LogP contribution in [0.3, 0.4) is 0 Å². The fourth-order valence-corrected chi connectivity index (χ4v) is 3.15. The Morgan fingerprint density at radius 3 is 2.55 bits per heavy atom. The van der Waals surface area contributed by atoms with Crippen molar-refractivity contribution in [3.8, 4) is 0 Å². The number of fused-ring (bicyclic) bond motifs is 2. The lowest BCUT2D eigenvalue weighted by Crippen LogP contribution is -2.46. The molecule has 6 nitrogen and oxygen atoms in total. The molecule has 1 N–H and O–H groups in total. The number of cyclic esters (lactones) is 1. The molecule has 1 amide bonds. The maximum absolute atomic E-state index is 12.0. The maximum atomic E-state index is 12.0. The highest BCUT2D eigenvalue weighted by atomic mass is 16.5. The molecule has 0 aromatic carbocycles. The standard InChI is InChI=1S/C16H20N2O4/c1-9-16(7-8-16)12-10(13(19)22-9)5-6-11(17-12)18(14(20)21)15(2,3)4/h5-6,9H,7-8H2,1-4H3,(H,20,21). The van der Waals surface area contributed by atoms with Crippen LogP contribution in [0.1, 0.15) is 56.6 Å². The second-order valence-electron chi connectivity index (χ2n) is 7.06. The molecule has 1 aliphatic carbocycles. The van der Waals surface area contributed by atoms with Crippen molar-refractivity contribution < 1.29 is 19.4 Å². The summed E-state index contributed by atoms with van der Waals surface area (Å²) in [5.41, 5.74) is 0.286. The summed E-state index contributed by atoms with van der Waals surface area (Å²) in [4.78, 5) is 29.4. The summed E-state index contributed by atoms with van der Waals surface area (Å²) < 4.78 is 5.40. The molecule has 1 spiro atoms. The van der Waals surface area contributed by atoms with E-state index in [2.05, 4.69) is 4.98 Å². The Morgan fingerprint density at radius 1 is 1.41 bits per heavy atom. The number of esters is 1. The SMILES string of the molecule is CC1OC(=O)c2ccc(N(C(=O)O)C(C)(C)C)nc2C12CC2. The van der Waals surface area contributed by atoms with Gasteiger partial charge in [0.1, 0.15) is 11.9 Å². The molecule has 6 heteroatoms. The lowest BCUT2D eigenvalue weighted by Gasteiger charge is -2.34. The molecule has 3 rings (SSSR count). The smallest absolute Gasteiger partial charge is 0.413 e. The van der Waals surface area contributed by atoms with Crippen molar-refractivity contribution in [2.75, 3.05) is 4.90 Å². The Labute approximate surface area is 129 Å². The minimum Gasteiger partial charge on any atom is -0.465 e. The predicted molar refractivity (Wildman–Crippen MR) is 80.3 cm³/mol. The zero-order valence-electron chi connectivity index (χ0n) is 13.2. The van der Waals surface area contributed by atoms with Gasteiger partial charge in [-0.25, -0.2) is 14.6 Å². The van der Waals surface area contributed by atoms with Gasteiger partial charge in [-0.05, 0) is 52.7 Å². The van der Waals surface area contributed by atoms with Crippen LogP contribution < -0.4 is 4.90 Å². The summed E-state index contributed by atoms with van der Waals surface area (Å²) in [6, 6.07) is 3.21. The van der Waals surface area contributed by atoms with E-state index in [1.165, 1.54) is 4.90 Å². The molecule has 0 saturated heterocycles. The Hall–Kier alpha value is -2.11. The number of carboxylic acid groups (broad SMARTS) is 1. The van der Waals surface area contributed by atoms with Gasteiger partial charge in [0.15, 0.2) is 0 Å². The Morgan fingerprint density at radius 2 is 2.05 bits per heavy atom. The highest BCUT2D eigenvalue weighted by Gasteiger charge is 2.56. The van der Waals surface area contributed by atoms with E-state index in [1.807, 2.05) is 27.7 Å². The minimum atomic E-state index is -1.06. The molecule has 1 aliphatic heterocycles. The van der Waals surface area contributed by atoms with Crippen LogP contribution in [0, 0.1) is 0 Å². The van der Waals surface area contributed by atoms with E-state index in [-0.39, 0.29) is 17.5 Å². The third-order valence-corrected chi connectivity index (χ3v) is 4.51. The van der Waals surface area contributed by atoms with Gasteiger partial charge in [0.05, 0.1) is 16.7 Å². The third-order valence-electron chi connectivity index (χ3n) is 4.51. The number of hydrogen-bond donors (Lipinski definition) is 1. The van der Waals surface area contributed by atoms with Crippen molar-refractivity contribution in [2.24, 2.45) is 0 Å². The molecule has 1 atom stereocenters. The van der Waals surface area contributed by atoms with Gasteiger partial charge in [0, 0.05) is 5.54 Å². The van der Waals surface area contributed by atoms with Crippen LogP contribution in [-0.2, 0) is 10.2 Å². The van der Waals surface area contributed by atoms with E-state index in [0.29, 0.717) is 17.1 Å². The van der Waals surface area contributed by atoms with Gasteiger partial charge in [0.2, 0.25) is 0 Å². The number of ether oxygens (including phenoxy) is 1. The van der Waals surface area contributed by atoms with Gasteiger partial charge in [-0.1, -0.05) is 0 Å². The average molecular weight is 304 g/mol. The number of amides is 1.